The van der Waals surface area contributed by atoms with Crippen LogP contribution in [0.2, 0.25) is 4.34 Å². The molecule has 2 rings (SSSR count). The third kappa shape index (κ3) is 3.02. The zero-order chi connectivity index (χ0) is 13.1. The van der Waals surface area contributed by atoms with E-state index in [1.54, 1.807) is 11.3 Å². The number of hydrogen-bond acceptors (Lipinski definition) is 3. The molecule has 5 heteroatoms. The molecule has 0 amide bonds. The molecule has 0 aliphatic carbocycles. The first kappa shape index (κ1) is 13.3. The normalized spacial score (nSPS) is 10.3. The summed E-state index contributed by atoms with van der Waals surface area (Å²) < 4.78 is 0.807. The lowest BCUT2D eigenvalue weighted by Gasteiger charge is -2.21. The Labute approximate surface area is 121 Å². The maximum absolute atomic E-state index is 5.93. The van der Waals surface area contributed by atoms with Crippen LogP contribution >= 0.6 is 35.2 Å². The number of para-hydroxylation sites is 1. The molecule has 94 valence electrons. The fourth-order valence-electron chi connectivity index (χ4n) is 1.77. The average molecular weight is 297 g/mol. The Morgan fingerprint density at radius 2 is 2.06 bits per heavy atom. The number of nitrogens with two attached hydrogens (primary N) is 1. The van der Waals surface area contributed by atoms with Crippen molar-refractivity contribution in [3.05, 3.63) is 51.2 Å². The highest BCUT2D eigenvalue weighted by Gasteiger charge is 2.10. The molecule has 0 radical (unpaired) electrons. The van der Waals surface area contributed by atoms with Gasteiger partial charge in [-0.3, -0.25) is 0 Å². The summed E-state index contributed by atoms with van der Waals surface area (Å²) in [6.45, 7) is 0.789. The van der Waals surface area contributed by atoms with E-state index in [-0.39, 0.29) is 0 Å². The Morgan fingerprint density at radius 3 is 2.67 bits per heavy atom. The number of halogens is 1. The topological polar surface area (TPSA) is 29.3 Å². The number of nitrogens with zero attached hydrogens (tertiary/aromatic N) is 1. The van der Waals surface area contributed by atoms with Crippen LogP contribution in [0.1, 0.15) is 10.4 Å². The number of rotatable bonds is 4. The predicted molar refractivity (Wildman–Crippen MR) is 83.8 cm³/mol. The van der Waals surface area contributed by atoms with E-state index in [9.17, 15) is 0 Å². The van der Waals surface area contributed by atoms with Crippen LogP contribution in [0.5, 0.6) is 0 Å². The van der Waals surface area contributed by atoms with Crippen LogP contribution in [-0.4, -0.2) is 12.0 Å². The second-order valence-corrected chi connectivity index (χ2v) is 6.18. The van der Waals surface area contributed by atoms with E-state index in [4.69, 9.17) is 29.6 Å². The Balaban J connectivity index is 2.23. The van der Waals surface area contributed by atoms with Crippen LogP contribution in [0.25, 0.3) is 0 Å². The van der Waals surface area contributed by atoms with Gasteiger partial charge >= 0.3 is 0 Å². The second kappa shape index (κ2) is 5.69. The van der Waals surface area contributed by atoms with Gasteiger partial charge in [0.15, 0.2) is 0 Å². The van der Waals surface area contributed by atoms with Crippen LogP contribution < -0.4 is 10.6 Å². The van der Waals surface area contributed by atoms with Crippen molar-refractivity contribution in [2.45, 2.75) is 6.54 Å². The van der Waals surface area contributed by atoms with E-state index in [1.807, 2.05) is 43.4 Å². The summed E-state index contributed by atoms with van der Waals surface area (Å²) in [4.78, 5) is 3.75. The van der Waals surface area contributed by atoms with Crippen LogP contribution in [-0.2, 0) is 6.54 Å². The van der Waals surface area contributed by atoms with Crippen molar-refractivity contribution < 1.29 is 0 Å². The van der Waals surface area contributed by atoms with Gasteiger partial charge in [-0.05, 0) is 24.3 Å². The first-order valence-corrected chi connectivity index (χ1v) is 7.02. The Bertz CT molecular complexity index is 566. The highest BCUT2D eigenvalue weighted by atomic mass is 35.5. The second-order valence-electron chi connectivity index (χ2n) is 3.94. The predicted octanol–water partition coefficient (Wildman–Crippen LogP) is 3.67. The van der Waals surface area contributed by atoms with Crippen LogP contribution in [0.15, 0.2) is 36.4 Å². The van der Waals surface area contributed by atoms with E-state index in [0.717, 1.165) is 22.1 Å². The monoisotopic (exact) mass is 296 g/mol. The van der Waals surface area contributed by atoms with Crippen molar-refractivity contribution >= 4 is 45.8 Å². The lowest BCUT2D eigenvalue weighted by atomic mass is 10.1. The number of thiophene rings is 1. The number of anilines is 1. The first-order valence-electron chi connectivity index (χ1n) is 5.42. The summed E-state index contributed by atoms with van der Waals surface area (Å²) >= 11 is 12.6. The summed E-state index contributed by atoms with van der Waals surface area (Å²) in [6.07, 6.45) is 0. The van der Waals surface area contributed by atoms with Crippen molar-refractivity contribution in [3.63, 3.8) is 0 Å². The van der Waals surface area contributed by atoms with E-state index >= 15 is 0 Å². The minimum absolute atomic E-state index is 0.418. The van der Waals surface area contributed by atoms with Gasteiger partial charge in [-0.2, -0.15) is 0 Å². The first-order chi connectivity index (χ1) is 8.58. The maximum atomic E-state index is 5.93. The third-order valence-corrected chi connectivity index (χ3v) is 4.04. The highest BCUT2D eigenvalue weighted by Crippen LogP contribution is 2.26. The number of thiocarbonyl (C=S) groups is 1. The number of hydrogen-bond donors (Lipinski definition) is 1. The lowest BCUT2D eigenvalue weighted by Crippen LogP contribution is -2.20. The molecule has 0 spiro atoms. The van der Waals surface area contributed by atoms with Gasteiger partial charge in [0.05, 0.1) is 10.9 Å². The quantitative estimate of drug-likeness (QED) is 0.873. The molecule has 1 aromatic heterocycles. The van der Waals surface area contributed by atoms with Gasteiger partial charge in [-0.15, -0.1) is 11.3 Å². The fourth-order valence-corrected chi connectivity index (χ4v) is 3.08. The summed E-state index contributed by atoms with van der Waals surface area (Å²) in [5.74, 6) is 0. The van der Waals surface area contributed by atoms with Gasteiger partial charge in [-0.1, -0.05) is 36.0 Å². The Morgan fingerprint density at radius 1 is 1.33 bits per heavy atom. The zero-order valence-corrected chi connectivity index (χ0v) is 12.3. The molecule has 0 aliphatic rings. The van der Waals surface area contributed by atoms with E-state index in [0.29, 0.717) is 4.99 Å². The molecular formula is C13H13ClN2S2. The van der Waals surface area contributed by atoms with E-state index < -0.39 is 0 Å². The van der Waals surface area contributed by atoms with Crippen molar-refractivity contribution in [2.75, 3.05) is 11.9 Å². The fraction of sp³-hybridized carbons (Fsp3) is 0.154. The molecule has 1 aromatic carbocycles. The SMILES string of the molecule is CN(Cc1ccc(Cl)s1)c1ccccc1C(N)=S. The van der Waals surface area contributed by atoms with Gasteiger partial charge in [0.2, 0.25) is 0 Å². The average Bonchev–Trinajstić information content (AvgIpc) is 2.74. The highest BCUT2D eigenvalue weighted by molar-refractivity contribution is 7.80. The van der Waals surface area contributed by atoms with Gasteiger partial charge in [-0.25, -0.2) is 0 Å². The van der Waals surface area contributed by atoms with E-state index in [1.165, 1.54) is 4.88 Å². The summed E-state index contributed by atoms with van der Waals surface area (Å²) in [6, 6.07) is 11.8. The van der Waals surface area contributed by atoms with Crippen molar-refractivity contribution in [1.29, 1.82) is 0 Å². The number of benzene rings is 1. The molecule has 0 atom stereocenters. The maximum Gasteiger partial charge on any atom is 0.106 e. The minimum Gasteiger partial charge on any atom is -0.389 e. The molecule has 18 heavy (non-hydrogen) atoms. The van der Waals surface area contributed by atoms with Crippen molar-refractivity contribution in [2.24, 2.45) is 5.73 Å². The minimum atomic E-state index is 0.418. The molecule has 2 aromatic rings. The van der Waals surface area contributed by atoms with Crippen molar-refractivity contribution in [1.82, 2.24) is 0 Å². The van der Waals surface area contributed by atoms with Crippen LogP contribution in [0, 0.1) is 0 Å². The van der Waals surface area contributed by atoms with Crippen LogP contribution in [0.3, 0.4) is 0 Å². The molecule has 0 unspecified atom stereocenters. The smallest absolute Gasteiger partial charge is 0.106 e. The molecular weight excluding hydrogens is 284 g/mol. The third-order valence-electron chi connectivity index (χ3n) is 2.60. The molecule has 0 aliphatic heterocycles. The Kier molecular flexibility index (Phi) is 4.22. The molecule has 0 saturated heterocycles. The van der Waals surface area contributed by atoms with Gasteiger partial charge in [0.1, 0.15) is 4.99 Å². The molecule has 0 bridgehead atoms. The summed E-state index contributed by atoms with van der Waals surface area (Å²) in [5, 5.41) is 0. The van der Waals surface area contributed by atoms with Gasteiger partial charge in [0.25, 0.3) is 0 Å². The van der Waals surface area contributed by atoms with Gasteiger partial charge < -0.3 is 10.6 Å². The van der Waals surface area contributed by atoms with Crippen LogP contribution in [0.4, 0.5) is 5.69 Å². The molecule has 2 N–H and O–H groups in total. The molecule has 1 heterocycles. The standard InChI is InChI=1S/C13H13ClN2S2/c1-16(8-9-6-7-12(14)18-9)11-5-3-2-4-10(11)13(15)17/h2-7H,8H2,1H3,(H2,15,17). The molecule has 0 fully saturated rings. The Hall–Kier alpha value is -1.10. The molecule has 0 saturated carbocycles. The largest absolute Gasteiger partial charge is 0.389 e. The zero-order valence-electron chi connectivity index (χ0n) is 9.89. The van der Waals surface area contributed by atoms with Crippen molar-refractivity contribution in [3.8, 4) is 0 Å². The molecule has 2 nitrogen and oxygen atoms in total. The lowest BCUT2D eigenvalue weighted by molar-refractivity contribution is 0.939. The van der Waals surface area contributed by atoms with Gasteiger partial charge in [0, 0.05) is 23.2 Å². The van der Waals surface area contributed by atoms with E-state index in [2.05, 4.69) is 4.90 Å². The summed E-state index contributed by atoms with van der Waals surface area (Å²) in [5.41, 5.74) is 7.67. The summed E-state index contributed by atoms with van der Waals surface area (Å²) in [7, 11) is 2.02.